The molecule has 0 aromatic heterocycles. The van der Waals surface area contributed by atoms with Gasteiger partial charge >= 0.3 is 0 Å². The molecule has 0 aliphatic rings. The molecule has 0 saturated carbocycles. The van der Waals surface area contributed by atoms with Crippen LogP contribution in [0.3, 0.4) is 0 Å². The Morgan fingerprint density at radius 2 is 2.29 bits per heavy atom. The summed E-state index contributed by atoms with van der Waals surface area (Å²) >= 11 is 5.95. The number of nitrogens with two attached hydrogens (primary N) is 1. The first-order chi connectivity index (χ1) is 6.65. The van der Waals surface area contributed by atoms with E-state index in [9.17, 15) is 4.39 Å². The third kappa shape index (κ3) is 2.94. The van der Waals surface area contributed by atoms with E-state index >= 15 is 0 Å². The van der Waals surface area contributed by atoms with Gasteiger partial charge in [0.1, 0.15) is 6.17 Å². The summed E-state index contributed by atoms with van der Waals surface area (Å²) in [6.07, 6.45) is -0.358. The van der Waals surface area contributed by atoms with Crippen molar-refractivity contribution in [3.63, 3.8) is 0 Å². The summed E-state index contributed by atoms with van der Waals surface area (Å²) in [6, 6.07) is 5.16. The fourth-order valence-electron chi connectivity index (χ4n) is 1.18. The fourth-order valence-corrected chi connectivity index (χ4v) is 1.47. The maximum Gasteiger partial charge on any atom is 0.122 e. The van der Waals surface area contributed by atoms with Crippen LogP contribution in [-0.2, 0) is 11.3 Å². The number of alkyl halides is 1. The zero-order valence-electron chi connectivity index (χ0n) is 7.97. The van der Waals surface area contributed by atoms with Crippen LogP contribution in [0.4, 0.5) is 4.39 Å². The van der Waals surface area contributed by atoms with Gasteiger partial charge in [-0.15, -0.1) is 0 Å². The predicted molar refractivity (Wildman–Crippen MR) is 54.8 cm³/mol. The Kier molecular flexibility index (Phi) is 4.32. The molecule has 0 saturated heterocycles. The van der Waals surface area contributed by atoms with Crippen LogP contribution in [0.15, 0.2) is 18.2 Å². The number of hydrogen-bond donors (Lipinski definition) is 1. The number of rotatable bonds is 4. The lowest BCUT2D eigenvalue weighted by Crippen LogP contribution is -2.04. The van der Waals surface area contributed by atoms with E-state index in [0.717, 1.165) is 5.56 Å². The molecule has 14 heavy (non-hydrogen) atoms. The second kappa shape index (κ2) is 5.29. The molecule has 1 atom stereocenters. The molecule has 0 spiro atoms. The van der Waals surface area contributed by atoms with Crippen molar-refractivity contribution in [1.29, 1.82) is 0 Å². The number of hydrogen-bond acceptors (Lipinski definition) is 2. The van der Waals surface area contributed by atoms with E-state index in [1.165, 1.54) is 6.92 Å². The van der Waals surface area contributed by atoms with Gasteiger partial charge in [-0.05, 0) is 30.5 Å². The van der Waals surface area contributed by atoms with Gasteiger partial charge in [-0.3, -0.25) is 0 Å². The highest BCUT2D eigenvalue weighted by molar-refractivity contribution is 6.31. The van der Waals surface area contributed by atoms with Gasteiger partial charge in [0.2, 0.25) is 0 Å². The van der Waals surface area contributed by atoms with Crippen LogP contribution in [-0.4, -0.2) is 6.61 Å². The lowest BCUT2D eigenvalue weighted by atomic mass is 10.1. The Balaban J connectivity index is 2.79. The molecule has 0 aliphatic carbocycles. The molecule has 0 fully saturated rings. The molecule has 0 bridgehead atoms. The van der Waals surface area contributed by atoms with Crippen molar-refractivity contribution >= 4 is 11.6 Å². The molecule has 0 aliphatic heterocycles. The van der Waals surface area contributed by atoms with Crippen molar-refractivity contribution < 1.29 is 9.23 Å². The minimum atomic E-state index is -0.993. The molecule has 0 amide bonds. The van der Waals surface area contributed by atoms with Crippen LogP contribution >= 0.6 is 11.6 Å². The summed E-state index contributed by atoms with van der Waals surface area (Å²) in [5.74, 6) is 4.90. The van der Waals surface area contributed by atoms with Crippen molar-refractivity contribution in [2.75, 3.05) is 6.61 Å². The fraction of sp³-hybridized carbons (Fsp3) is 0.400. The van der Waals surface area contributed by atoms with Crippen LogP contribution in [0.2, 0.25) is 5.02 Å². The van der Waals surface area contributed by atoms with Crippen molar-refractivity contribution in [3.8, 4) is 0 Å². The Bertz CT molecular complexity index is 304. The minimum Gasteiger partial charge on any atom is -0.304 e. The molecule has 4 heteroatoms. The maximum absolute atomic E-state index is 12.9. The minimum absolute atomic E-state index is 0.407. The van der Waals surface area contributed by atoms with E-state index in [-0.39, 0.29) is 0 Å². The first kappa shape index (κ1) is 11.4. The molecule has 1 aromatic rings. The average Bonchev–Trinajstić information content (AvgIpc) is 2.15. The highest BCUT2D eigenvalue weighted by atomic mass is 35.5. The monoisotopic (exact) mass is 217 g/mol. The van der Waals surface area contributed by atoms with Gasteiger partial charge in [0.05, 0.1) is 6.61 Å². The molecule has 2 nitrogen and oxygen atoms in total. The zero-order chi connectivity index (χ0) is 10.6. The molecule has 2 N–H and O–H groups in total. The van der Waals surface area contributed by atoms with E-state index < -0.39 is 6.17 Å². The molecule has 78 valence electrons. The standard InChI is InChI=1S/C10H13ClFNO/c1-7(12)9-3-2-8(4-5-14-13)10(11)6-9/h2-3,6-7H,4-5,13H2,1H3. The van der Waals surface area contributed by atoms with E-state index in [0.29, 0.717) is 23.6 Å². The van der Waals surface area contributed by atoms with E-state index in [2.05, 4.69) is 4.84 Å². The first-order valence-electron chi connectivity index (χ1n) is 4.39. The molecular formula is C10H13ClFNO. The Hall–Kier alpha value is -0.640. The molecule has 1 rings (SSSR count). The highest BCUT2D eigenvalue weighted by Crippen LogP contribution is 2.23. The van der Waals surface area contributed by atoms with Gasteiger partial charge in [0.25, 0.3) is 0 Å². The van der Waals surface area contributed by atoms with Gasteiger partial charge < -0.3 is 4.84 Å². The van der Waals surface area contributed by atoms with E-state index in [1.54, 1.807) is 18.2 Å². The highest BCUT2D eigenvalue weighted by Gasteiger charge is 2.06. The van der Waals surface area contributed by atoms with E-state index in [4.69, 9.17) is 17.5 Å². The molecular weight excluding hydrogens is 205 g/mol. The molecule has 0 heterocycles. The Labute approximate surface area is 87.8 Å². The van der Waals surface area contributed by atoms with Crippen molar-refractivity contribution in [2.24, 2.45) is 5.90 Å². The number of halogens is 2. The van der Waals surface area contributed by atoms with Crippen molar-refractivity contribution in [3.05, 3.63) is 34.3 Å². The second-order valence-corrected chi connectivity index (χ2v) is 3.49. The molecule has 1 aromatic carbocycles. The summed E-state index contributed by atoms with van der Waals surface area (Å²) in [6.45, 7) is 1.89. The quantitative estimate of drug-likeness (QED) is 0.788. The topological polar surface area (TPSA) is 35.2 Å². The van der Waals surface area contributed by atoms with Crippen molar-refractivity contribution in [1.82, 2.24) is 0 Å². The SMILES string of the molecule is CC(F)c1ccc(CCON)c(Cl)c1. The summed E-state index contributed by atoms with van der Waals surface area (Å²) in [5, 5.41) is 0.559. The van der Waals surface area contributed by atoms with Gasteiger partial charge in [0.15, 0.2) is 0 Å². The smallest absolute Gasteiger partial charge is 0.122 e. The summed E-state index contributed by atoms with van der Waals surface area (Å²) in [7, 11) is 0. The Morgan fingerprint density at radius 3 is 2.79 bits per heavy atom. The lowest BCUT2D eigenvalue weighted by molar-refractivity contribution is 0.141. The van der Waals surface area contributed by atoms with E-state index in [1.807, 2.05) is 0 Å². The second-order valence-electron chi connectivity index (χ2n) is 3.09. The average molecular weight is 218 g/mol. The predicted octanol–water partition coefficient (Wildman–Crippen LogP) is 2.80. The van der Waals surface area contributed by atoms with Gasteiger partial charge in [0, 0.05) is 5.02 Å². The third-order valence-corrected chi connectivity index (χ3v) is 2.38. The number of benzene rings is 1. The summed E-state index contributed by atoms with van der Waals surface area (Å²) < 4.78 is 12.9. The first-order valence-corrected chi connectivity index (χ1v) is 4.77. The summed E-state index contributed by atoms with van der Waals surface area (Å²) in [4.78, 5) is 4.45. The largest absolute Gasteiger partial charge is 0.304 e. The van der Waals surface area contributed by atoms with Gasteiger partial charge in [-0.1, -0.05) is 23.7 Å². The molecule has 0 radical (unpaired) electrons. The molecule has 1 unspecified atom stereocenters. The van der Waals surface area contributed by atoms with Crippen LogP contribution in [0.25, 0.3) is 0 Å². The van der Waals surface area contributed by atoms with Gasteiger partial charge in [-0.2, -0.15) is 0 Å². The third-order valence-electron chi connectivity index (χ3n) is 2.03. The van der Waals surface area contributed by atoms with Crippen LogP contribution in [0, 0.1) is 0 Å². The van der Waals surface area contributed by atoms with Crippen LogP contribution in [0.1, 0.15) is 24.2 Å². The van der Waals surface area contributed by atoms with Crippen LogP contribution < -0.4 is 5.90 Å². The Morgan fingerprint density at radius 1 is 1.57 bits per heavy atom. The maximum atomic E-state index is 12.9. The summed E-state index contributed by atoms with van der Waals surface area (Å²) in [5.41, 5.74) is 1.51. The van der Waals surface area contributed by atoms with Crippen molar-refractivity contribution in [2.45, 2.75) is 19.5 Å². The normalized spacial score (nSPS) is 12.9. The zero-order valence-corrected chi connectivity index (χ0v) is 8.72. The van der Waals surface area contributed by atoms with Crippen LogP contribution in [0.5, 0.6) is 0 Å². The van der Waals surface area contributed by atoms with Gasteiger partial charge in [-0.25, -0.2) is 10.3 Å². The lowest BCUT2D eigenvalue weighted by Gasteiger charge is -2.07.